The Morgan fingerprint density at radius 3 is 2.80 bits per heavy atom. The number of nitrogens with zero attached hydrogens (tertiary/aromatic N) is 2. The first-order valence-corrected chi connectivity index (χ1v) is 7.91. The van der Waals surface area contributed by atoms with Crippen molar-refractivity contribution in [2.75, 3.05) is 7.05 Å². The van der Waals surface area contributed by atoms with E-state index in [9.17, 15) is 0 Å². The Kier molecular flexibility index (Phi) is 5.88. The van der Waals surface area contributed by atoms with Crippen molar-refractivity contribution in [3.8, 4) is 0 Å². The molecular formula is C14H18ClN3OS. The summed E-state index contributed by atoms with van der Waals surface area (Å²) in [6.45, 7) is 2.13. The third-order valence-electron chi connectivity index (χ3n) is 2.98. The molecule has 1 N–H and O–H groups in total. The van der Waals surface area contributed by atoms with Gasteiger partial charge in [-0.3, -0.25) is 0 Å². The smallest absolute Gasteiger partial charge is 0.226 e. The van der Waals surface area contributed by atoms with E-state index < -0.39 is 0 Å². The molecule has 2 aromatic rings. The topological polar surface area (TPSA) is 51.0 Å². The lowest BCUT2D eigenvalue weighted by Crippen LogP contribution is -2.21. The molecule has 0 saturated heterocycles. The monoisotopic (exact) mass is 311 g/mol. The normalized spacial score (nSPS) is 12.6. The summed E-state index contributed by atoms with van der Waals surface area (Å²) < 4.78 is 5.24. The van der Waals surface area contributed by atoms with Crippen LogP contribution in [0.5, 0.6) is 0 Å². The molecule has 1 atom stereocenters. The highest BCUT2D eigenvalue weighted by molar-refractivity contribution is 7.98. The molecule has 4 nitrogen and oxygen atoms in total. The zero-order valence-electron chi connectivity index (χ0n) is 11.6. The second kappa shape index (κ2) is 7.67. The van der Waals surface area contributed by atoms with Crippen molar-refractivity contribution in [2.24, 2.45) is 0 Å². The summed E-state index contributed by atoms with van der Waals surface area (Å²) in [6, 6.07) is 8.19. The maximum Gasteiger partial charge on any atom is 0.226 e. The van der Waals surface area contributed by atoms with Gasteiger partial charge in [-0.05, 0) is 44.7 Å². The summed E-state index contributed by atoms with van der Waals surface area (Å²) in [5.41, 5.74) is 0. The molecule has 0 bridgehead atoms. The SMILES string of the molecule is CNC(C)CCc1nc(CSc2ccc(Cl)cc2)no1. The van der Waals surface area contributed by atoms with E-state index >= 15 is 0 Å². The molecule has 0 aliphatic rings. The molecule has 1 aromatic carbocycles. The Labute approximate surface area is 128 Å². The number of aryl methyl sites for hydroxylation is 1. The highest BCUT2D eigenvalue weighted by atomic mass is 35.5. The van der Waals surface area contributed by atoms with Gasteiger partial charge in [0.1, 0.15) is 0 Å². The van der Waals surface area contributed by atoms with Crippen molar-refractivity contribution in [3.05, 3.63) is 41.0 Å². The first-order chi connectivity index (χ1) is 9.67. The van der Waals surface area contributed by atoms with E-state index in [1.165, 1.54) is 0 Å². The van der Waals surface area contributed by atoms with Gasteiger partial charge in [-0.15, -0.1) is 11.8 Å². The van der Waals surface area contributed by atoms with Crippen molar-refractivity contribution >= 4 is 23.4 Å². The highest BCUT2D eigenvalue weighted by Crippen LogP contribution is 2.23. The van der Waals surface area contributed by atoms with Crippen molar-refractivity contribution in [3.63, 3.8) is 0 Å². The molecule has 1 heterocycles. The number of benzene rings is 1. The summed E-state index contributed by atoms with van der Waals surface area (Å²) in [7, 11) is 1.95. The Balaban J connectivity index is 1.82. The van der Waals surface area contributed by atoms with Crippen LogP contribution in [0.25, 0.3) is 0 Å². The predicted octanol–water partition coefficient (Wildman–Crippen LogP) is 3.56. The van der Waals surface area contributed by atoms with Gasteiger partial charge >= 0.3 is 0 Å². The van der Waals surface area contributed by atoms with E-state index in [1.54, 1.807) is 11.8 Å². The molecular weight excluding hydrogens is 294 g/mol. The molecule has 1 aromatic heterocycles. The quantitative estimate of drug-likeness (QED) is 0.792. The van der Waals surface area contributed by atoms with E-state index in [-0.39, 0.29) is 0 Å². The number of nitrogens with one attached hydrogen (secondary N) is 1. The number of rotatable bonds is 7. The van der Waals surface area contributed by atoms with Gasteiger partial charge < -0.3 is 9.84 Å². The predicted molar refractivity (Wildman–Crippen MR) is 82.2 cm³/mol. The molecule has 0 spiro atoms. The number of thioether (sulfide) groups is 1. The van der Waals surface area contributed by atoms with Crippen molar-refractivity contribution in [1.29, 1.82) is 0 Å². The minimum atomic E-state index is 0.453. The van der Waals surface area contributed by atoms with Crippen LogP contribution in [0, 0.1) is 0 Å². The van der Waals surface area contributed by atoms with Crippen LogP contribution in [-0.2, 0) is 12.2 Å². The third kappa shape index (κ3) is 4.81. The zero-order chi connectivity index (χ0) is 14.4. The minimum absolute atomic E-state index is 0.453. The lowest BCUT2D eigenvalue weighted by Gasteiger charge is -2.06. The summed E-state index contributed by atoms with van der Waals surface area (Å²) in [6.07, 6.45) is 1.79. The lowest BCUT2D eigenvalue weighted by atomic mass is 10.2. The van der Waals surface area contributed by atoms with Crippen LogP contribution in [0.4, 0.5) is 0 Å². The first-order valence-electron chi connectivity index (χ1n) is 6.54. The number of hydrogen-bond donors (Lipinski definition) is 1. The van der Waals surface area contributed by atoms with Crippen LogP contribution in [0.2, 0.25) is 5.02 Å². The molecule has 1 unspecified atom stereocenters. The van der Waals surface area contributed by atoms with Crippen LogP contribution in [-0.4, -0.2) is 23.2 Å². The second-order valence-electron chi connectivity index (χ2n) is 4.58. The maximum absolute atomic E-state index is 5.85. The van der Waals surface area contributed by atoms with Crippen molar-refractivity contribution in [1.82, 2.24) is 15.5 Å². The average Bonchev–Trinajstić information content (AvgIpc) is 2.92. The number of hydrogen-bond acceptors (Lipinski definition) is 5. The molecule has 0 fully saturated rings. The van der Waals surface area contributed by atoms with E-state index in [0.717, 1.165) is 28.6 Å². The lowest BCUT2D eigenvalue weighted by molar-refractivity contribution is 0.365. The van der Waals surface area contributed by atoms with Gasteiger partial charge in [0.25, 0.3) is 0 Å². The van der Waals surface area contributed by atoms with Gasteiger partial charge in [0, 0.05) is 22.4 Å². The van der Waals surface area contributed by atoms with E-state index in [2.05, 4.69) is 22.4 Å². The van der Waals surface area contributed by atoms with E-state index in [0.29, 0.717) is 17.7 Å². The molecule has 0 aliphatic heterocycles. The average molecular weight is 312 g/mol. The zero-order valence-corrected chi connectivity index (χ0v) is 13.2. The van der Waals surface area contributed by atoms with Gasteiger partial charge in [0.2, 0.25) is 5.89 Å². The Morgan fingerprint density at radius 1 is 1.35 bits per heavy atom. The molecule has 20 heavy (non-hydrogen) atoms. The standard InChI is InChI=1S/C14H18ClN3OS/c1-10(16-2)3-8-14-17-13(18-19-14)9-20-12-6-4-11(15)5-7-12/h4-7,10,16H,3,8-9H2,1-2H3. The van der Waals surface area contributed by atoms with Crippen LogP contribution in [0.3, 0.4) is 0 Å². The first kappa shape index (κ1) is 15.4. The van der Waals surface area contributed by atoms with Crippen molar-refractivity contribution in [2.45, 2.75) is 36.5 Å². The molecule has 6 heteroatoms. The number of halogens is 1. The second-order valence-corrected chi connectivity index (χ2v) is 6.06. The van der Waals surface area contributed by atoms with Gasteiger partial charge in [0.15, 0.2) is 5.82 Å². The molecule has 108 valence electrons. The van der Waals surface area contributed by atoms with Crippen LogP contribution < -0.4 is 5.32 Å². The van der Waals surface area contributed by atoms with Gasteiger partial charge in [0.05, 0.1) is 5.75 Å². The fourth-order valence-corrected chi connectivity index (χ4v) is 2.48. The Hall–Kier alpha value is -1.04. The maximum atomic E-state index is 5.85. The largest absolute Gasteiger partial charge is 0.339 e. The molecule has 2 rings (SSSR count). The van der Waals surface area contributed by atoms with Crippen LogP contribution in [0.1, 0.15) is 25.1 Å². The van der Waals surface area contributed by atoms with Crippen LogP contribution in [0.15, 0.2) is 33.7 Å². The third-order valence-corrected chi connectivity index (χ3v) is 4.24. The van der Waals surface area contributed by atoms with Gasteiger partial charge in [-0.2, -0.15) is 4.98 Å². The summed E-state index contributed by atoms with van der Waals surface area (Å²) in [5.74, 6) is 2.14. The summed E-state index contributed by atoms with van der Waals surface area (Å²) in [5, 5.41) is 7.93. The van der Waals surface area contributed by atoms with E-state index in [4.69, 9.17) is 16.1 Å². The molecule has 0 radical (unpaired) electrons. The minimum Gasteiger partial charge on any atom is -0.339 e. The van der Waals surface area contributed by atoms with Gasteiger partial charge in [-0.25, -0.2) is 0 Å². The molecule has 0 amide bonds. The fraction of sp³-hybridized carbons (Fsp3) is 0.429. The van der Waals surface area contributed by atoms with E-state index in [1.807, 2.05) is 31.3 Å². The fourth-order valence-electron chi connectivity index (χ4n) is 1.61. The van der Waals surface area contributed by atoms with Gasteiger partial charge in [-0.1, -0.05) is 16.8 Å². The van der Waals surface area contributed by atoms with Crippen LogP contribution >= 0.6 is 23.4 Å². The highest BCUT2D eigenvalue weighted by Gasteiger charge is 2.08. The summed E-state index contributed by atoms with van der Waals surface area (Å²) >= 11 is 7.52. The number of aromatic nitrogens is 2. The Morgan fingerprint density at radius 2 is 2.10 bits per heavy atom. The molecule has 0 aliphatic carbocycles. The molecule has 0 saturated carbocycles. The van der Waals surface area contributed by atoms with Crippen molar-refractivity contribution < 1.29 is 4.52 Å². The summed E-state index contributed by atoms with van der Waals surface area (Å²) in [4.78, 5) is 5.54. The Bertz CT molecular complexity index is 529.